The highest BCUT2D eigenvalue weighted by atomic mass is 16.5. The number of benzene rings is 2. The smallest absolute Gasteiger partial charge is 0.258 e. The van der Waals surface area contributed by atoms with Gasteiger partial charge in [0.25, 0.3) is 5.91 Å². The number of carbonyl (C=O) groups is 1. The van der Waals surface area contributed by atoms with Gasteiger partial charge in [0.15, 0.2) is 6.61 Å². The average molecular weight is 323 g/mol. The van der Waals surface area contributed by atoms with E-state index < -0.39 is 0 Å². The van der Waals surface area contributed by atoms with Crippen molar-refractivity contribution < 1.29 is 9.53 Å². The molecule has 0 aliphatic heterocycles. The SMILES string of the molecule is Cc1ccc(C(NC(=O)COc2ccc(C)c(C)c2)C2CC2)cc1. The van der Waals surface area contributed by atoms with Crippen molar-refractivity contribution in [3.8, 4) is 5.75 Å². The first kappa shape index (κ1) is 16.6. The Balaban J connectivity index is 1.59. The summed E-state index contributed by atoms with van der Waals surface area (Å²) in [5.41, 5.74) is 4.81. The molecule has 0 saturated heterocycles. The average Bonchev–Trinajstić information content (AvgIpc) is 3.39. The third-order valence-corrected chi connectivity index (χ3v) is 4.69. The highest BCUT2D eigenvalue weighted by Crippen LogP contribution is 2.41. The minimum Gasteiger partial charge on any atom is -0.484 e. The van der Waals surface area contributed by atoms with Gasteiger partial charge >= 0.3 is 0 Å². The topological polar surface area (TPSA) is 38.3 Å². The van der Waals surface area contributed by atoms with Gasteiger partial charge in [-0.1, -0.05) is 35.9 Å². The van der Waals surface area contributed by atoms with Crippen molar-refractivity contribution in [2.75, 3.05) is 6.61 Å². The molecule has 0 spiro atoms. The van der Waals surface area contributed by atoms with E-state index in [-0.39, 0.29) is 18.6 Å². The summed E-state index contributed by atoms with van der Waals surface area (Å²) in [7, 11) is 0. The Bertz CT molecular complexity index is 717. The van der Waals surface area contributed by atoms with Gasteiger partial charge in [0.2, 0.25) is 0 Å². The van der Waals surface area contributed by atoms with Crippen LogP contribution in [0.5, 0.6) is 5.75 Å². The molecule has 1 aliphatic carbocycles. The molecule has 1 fully saturated rings. The summed E-state index contributed by atoms with van der Waals surface area (Å²) >= 11 is 0. The van der Waals surface area contributed by atoms with Crippen LogP contribution in [-0.2, 0) is 4.79 Å². The van der Waals surface area contributed by atoms with Crippen LogP contribution in [0.1, 0.15) is 41.1 Å². The van der Waals surface area contributed by atoms with Crippen molar-refractivity contribution in [1.29, 1.82) is 0 Å². The normalized spacial score (nSPS) is 15.0. The van der Waals surface area contributed by atoms with Gasteiger partial charge in [-0.3, -0.25) is 4.79 Å². The molecule has 0 radical (unpaired) electrons. The molecule has 3 rings (SSSR count). The molecular weight excluding hydrogens is 298 g/mol. The third-order valence-electron chi connectivity index (χ3n) is 4.69. The maximum Gasteiger partial charge on any atom is 0.258 e. The van der Waals surface area contributed by atoms with E-state index in [1.54, 1.807) is 0 Å². The first-order valence-corrected chi connectivity index (χ1v) is 8.59. The van der Waals surface area contributed by atoms with Crippen molar-refractivity contribution >= 4 is 5.91 Å². The second-order valence-electron chi connectivity index (χ2n) is 6.83. The lowest BCUT2D eigenvalue weighted by Gasteiger charge is -2.19. The van der Waals surface area contributed by atoms with Crippen LogP contribution in [0, 0.1) is 26.7 Å². The quantitative estimate of drug-likeness (QED) is 0.862. The highest BCUT2D eigenvalue weighted by molar-refractivity contribution is 5.78. The predicted molar refractivity (Wildman–Crippen MR) is 96.2 cm³/mol. The lowest BCUT2D eigenvalue weighted by molar-refractivity contribution is -0.124. The first-order valence-electron chi connectivity index (χ1n) is 8.59. The van der Waals surface area contributed by atoms with Crippen LogP contribution < -0.4 is 10.1 Å². The van der Waals surface area contributed by atoms with Gasteiger partial charge in [0, 0.05) is 0 Å². The second kappa shape index (κ2) is 7.08. The minimum atomic E-state index is -0.0642. The lowest BCUT2D eigenvalue weighted by Crippen LogP contribution is -2.33. The number of hydrogen-bond acceptors (Lipinski definition) is 2. The van der Waals surface area contributed by atoms with Crippen LogP contribution in [0.25, 0.3) is 0 Å². The number of amides is 1. The van der Waals surface area contributed by atoms with Crippen molar-refractivity contribution in [2.45, 2.75) is 39.7 Å². The van der Waals surface area contributed by atoms with E-state index in [1.165, 1.54) is 35.1 Å². The summed E-state index contributed by atoms with van der Waals surface area (Å²) in [5, 5.41) is 3.15. The zero-order valence-electron chi connectivity index (χ0n) is 14.6. The summed E-state index contributed by atoms with van der Waals surface area (Å²) in [5.74, 6) is 1.23. The highest BCUT2D eigenvalue weighted by Gasteiger charge is 2.33. The van der Waals surface area contributed by atoms with Gasteiger partial charge in [-0.05, 0) is 68.4 Å². The zero-order valence-corrected chi connectivity index (χ0v) is 14.6. The van der Waals surface area contributed by atoms with E-state index in [1.807, 2.05) is 25.1 Å². The summed E-state index contributed by atoms with van der Waals surface area (Å²) in [6, 6.07) is 14.4. The number of ether oxygens (including phenoxy) is 1. The molecule has 0 bridgehead atoms. The van der Waals surface area contributed by atoms with E-state index >= 15 is 0 Å². The number of aryl methyl sites for hydroxylation is 3. The largest absolute Gasteiger partial charge is 0.484 e. The molecule has 1 saturated carbocycles. The predicted octanol–water partition coefficient (Wildman–Crippen LogP) is 4.26. The Labute approximate surface area is 144 Å². The maximum atomic E-state index is 12.3. The molecule has 1 unspecified atom stereocenters. The van der Waals surface area contributed by atoms with Crippen LogP contribution in [-0.4, -0.2) is 12.5 Å². The molecule has 1 amide bonds. The monoisotopic (exact) mass is 323 g/mol. The van der Waals surface area contributed by atoms with Crippen molar-refractivity contribution in [2.24, 2.45) is 5.92 Å². The van der Waals surface area contributed by atoms with Gasteiger partial charge < -0.3 is 10.1 Å². The Morgan fingerprint density at radius 1 is 1.08 bits per heavy atom. The Morgan fingerprint density at radius 2 is 1.79 bits per heavy atom. The molecule has 0 aromatic heterocycles. The molecule has 3 heteroatoms. The fourth-order valence-corrected chi connectivity index (χ4v) is 2.84. The van der Waals surface area contributed by atoms with E-state index in [2.05, 4.69) is 43.4 Å². The second-order valence-corrected chi connectivity index (χ2v) is 6.83. The molecule has 126 valence electrons. The van der Waals surface area contributed by atoms with Crippen LogP contribution in [0.15, 0.2) is 42.5 Å². The van der Waals surface area contributed by atoms with Crippen molar-refractivity contribution in [3.63, 3.8) is 0 Å². The van der Waals surface area contributed by atoms with Gasteiger partial charge in [0.1, 0.15) is 5.75 Å². The summed E-state index contributed by atoms with van der Waals surface area (Å²) in [6.07, 6.45) is 2.35. The van der Waals surface area contributed by atoms with Gasteiger partial charge in [-0.2, -0.15) is 0 Å². The van der Waals surface area contributed by atoms with Gasteiger partial charge in [-0.15, -0.1) is 0 Å². The third kappa shape index (κ3) is 4.16. The maximum absolute atomic E-state index is 12.3. The summed E-state index contributed by atoms with van der Waals surface area (Å²) < 4.78 is 5.65. The number of carbonyl (C=O) groups excluding carboxylic acids is 1. The molecule has 1 atom stereocenters. The number of hydrogen-bond donors (Lipinski definition) is 1. The first-order chi connectivity index (χ1) is 11.5. The van der Waals surface area contributed by atoms with E-state index in [0.717, 1.165) is 5.75 Å². The van der Waals surface area contributed by atoms with E-state index in [9.17, 15) is 4.79 Å². The van der Waals surface area contributed by atoms with E-state index in [4.69, 9.17) is 4.74 Å². The fraction of sp³-hybridized carbons (Fsp3) is 0.381. The van der Waals surface area contributed by atoms with Gasteiger partial charge in [0.05, 0.1) is 6.04 Å². The molecule has 1 aliphatic rings. The van der Waals surface area contributed by atoms with Crippen LogP contribution in [0.3, 0.4) is 0 Å². The Hall–Kier alpha value is -2.29. The van der Waals surface area contributed by atoms with Gasteiger partial charge in [-0.25, -0.2) is 0 Å². The molecule has 24 heavy (non-hydrogen) atoms. The number of nitrogens with one attached hydrogen (secondary N) is 1. The van der Waals surface area contributed by atoms with E-state index in [0.29, 0.717) is 5.92 Å². The minimum absolute atomic E-state index is 0.0532. The molecule has 0 heterocycles. The van der Waals surface area contributed by atoms with Crippen LogP contribution in [0.2, 0.25) is 0 Å². The Morgan fingerprint density at radius 3 is 2.42 bits per heavy atom. The summed E-state index contributed by atoms with van der Waals surface area (Å²) in [6.45, 7) is 6.24. The van der Waals surface area contributed by atoms with Crippen molar-refractivity contribution in [1.82, 2.24) is 5.32 Å². The molecular formula is C21H25NO2. The standard InChI is InChI=1S/C21H25NO2/c1-14-4-7-17(8-5-14)21(18-9-10-18)22-20(23)13-24-19-11-6-15(2)16(3)12-19/h4-8,11-12,18,21H,9-10,13H2,1-3H3,(H,22,23). The summed E-state index contributed by atoms with van der Waals surface area (Å²) in [4.78, 5) is 12.3. The number of rotatable bonds is 6. The molecule has 2 aromatic carbocycles. The van der Waals surface area contributed by atoms with Crippen LogP contribution >= 0.6 is 0 Å². The van der Waals surface area contributed by atoms with Crippen LogP contribution in [0.4, 0.5) is 0 Å². The molecule has 1 N–H and O–H groups in total. The van der Waals surface area contributed by atoms with Crippen molar-refractivity contribution in [3.05, 3.63) is 64.7 Å². The zero-order chi connectivity index (χ0) is 17.1. The molecule has 2 aromatic rings. The molecule has 3 nitrogen and oxygen atoms in total. The fourth-order valence-electron chi connectivity index (χ4n) is 2.84. The Kier molecular flexibility index (Phi) is 4.89. The lowest BCUT2D eigenvalue weighted by atomic mass is 10.0.